The molecule has 0 N–H and O–H groups in total. The molecule has 0 aromatic heterocycles. The van der Waals surface area contributed by atoms with Crippen LogP contribution in [0.2, 0.25) is 0 Å². The predicted molar refractivity (Wildman–Crippen MR) is 64.6 cm³/mol. The first kappa shape index (κ1) is 11.7. The summed E-state index contributed by atoms with van der Waals surface area (Å²) >= 11 is 0. The Balaban J connectivity index is 2.26. The summed E-state index contributed by atoms with van der Waals surface area (Å²) in [7, 11) is 0. The molecule has 15 heavy (non-hydrogen) atoms. The van der Waals surface area contributed by atoms with E-state index >= 15 is 0 Å². The van der Waals surface area contributed by atoms with Crippen molar-refractivity contribution in [3.63, 3.8) is 0 Å². The summed E-state index contributed by atoms with van der Waals surface area (Å²) in [4.78, 5) is 0. The van der Waals surface area contributed by atoms with Gasteiger partial charge in [-0.15, -0.1) is 13.2 Å². The van der Waals surface area contributed by atoms with Crippen molar-refractivity contribution in [3.8, 4) is 0 Å². The maximum atomic E-state index is 5.61. The van der Waals surface area contributed by atoms with Crippen LogP contribution >= 0.6 is 0 Å². The maximum absolute atomic E-state index is 5.61. The molecule has 0 fully saturated rings. The van der Waals surface area contributed by atoms with Gasteiger partial charge in [0.05, 0.1) is 13.2 Å². The molecular formula is C14H18O. The largest absolute Gasteiger partial charge is 0.376 e. The third-order valence-corrected chi connectivity index (χ3v) is 2.25. The molecule has 0 aliphatic rings. The van der Waals surface area contributed by atoms with Crippen LogP contribution in [0.25, 0.3) is 0 Å². The lowest BCUT2D eigenvalue weighted by Crippen LogP contribution is -2.06. The van der Waals surface area contributed by atoms with Gasteiger partial charge in [0, 0.05) is 5.92 Å². The predicted octanol–water partition coefficient (Wildman–Crippen LogP) is 3.58. The molecule has 0 aliphatic carbocycles. The summed E-state index contributed by atoms with van der Waals surface area (Å²) in [5, 5.41) is 0. The smallest absolute Gasteiger partial charge is 0.0717 e. The van der Waals surface area contributed by atoms with Gasteiger partial charge >= 0.3 is 0 Å². The van der Waals surface area contributed by atoms with Crippen LogP contribution in [0.5, 0.6) is 0 Å². The number of hydrogen-bond acceptors (Lipinski definition) is 1. The maximum Gasteiger partial charge on any atom is 0.0717 e. The van der Waals surface area contributed by atoms with Gasteiger partial charge in [-0.25, -0.2) is 0 Å². The van der Waals surface area contributed by atoms with Crippen LogP contribution in [0, 0.1) is 5.92 Å². The second-order valence-corrected chi connectivity index (χ2v) is 3.52. The third kappa shape index (κ3) is 4.61. The molecule has 0 radical (unpaired) electrons. The fourth-order valence-electron chi connectivity index (χ4n) is 1.35. The van der Waals surface area contributed by atoms with E-state index in [4.69, 9.17) is 4.74 Å². The van der Waals surface area contributed by atoms with Crippen LogP contribution in [0.1, 0.15) is 12.0 Å². The van der Waals surface area contributed by atoms with E-state index in [0.717, 1.165) is 6.42 Å². The van der Waals surface area contributed by atoms with E-state index in [1.54, 1.807) is 0 Å². The second kappa shape index (κ2) is 7.02. The van der Waals surface area contributed by atoms with Gasteiger partial charge in [-0.05, 0) is 12.0 Å². The number of hydrogen-bond donors (Lipinski definition) is 0. The molecule has 0 amide bonds. The fourth-order valence-corrected chi connectivity index (χ4v) is 1.35. The van der Waals surface area contributed by atoms with Crippen molar-refractivity contribution in [3.05, 3.63) is 61.2 Å². The average molecular weight is 202 g/mol. The molecule has 0 saturated heterocycles. The van der Waals surface area contributed by atoms with Crippen LogP contribution in [0.4, 0.5) is 0 Å². The molecule has 1 atom stereocenters. The summed E-state index contributed by atoms with van der Waals surface area (Å²) < 4.78 is 5.61. The highest BCUT2D eigenvalue weighted by atomic mass is 16.5. The molecule has 1 aromatic carbocycles. The molecule has 0 spiro atoms. The number of ether oxygens (including phenoxy) is 1. The number of rotatable bonds is 7. The Morgan fingerprint density at radius 2 is 1.93 bits per heavy atom. The van der Waals surface area contributed by atoms with E-state index in [-0.39, 0.29) is 0 Å². The second-order valence-electron chi connectivity index (χ2n) is 3.52. The van der Waals surface area contributed by atoms with Crippen LogP contribution in [0.3, 0.4) is 0 Å². The first-order valence-electron chi connectivity index (χ1n) is 5.22. The summed E-state index contributed by atoms with van der Waals surface area (Å²) in [6.07, 6.45) is 4.75. The standard InChI is InChI=1S/C14H18O/c1-3-8-13(4-2)11-15-12-14-9-6-5-7-10-14/h3-7,9-10,13H,1-2,8,11-12H2/t13-/m0/s1. The van der Waals surface area contributed by atoms with Crippen molar-refractivity contribution >= 4 is 0 Å². The lowest BCUT2D eigenvalue weighted by atomic mass is 10.1. The van der Waals surface area contributed by atoms with Crippen LogP contribution in [0.15, 0.2) is 55.6 Å². The minimum Gasteiger partial charge on any atom is -0.376 e. The van der Waals surface area contributed by atoms with Crippen molar-refractivity contribution in [1.82, 2.24) is 0 Å². The Bertz CT molecular complexity index is 289. The molecule has 0 unspecified atom stereocenters. The van der Waals surface area contributed by atoms with Crippen molar-refractivity contribution in [2.45, 2.75) is 13.0 Å². The Hall–Kier alpha value is -1.34. The Labute approximate surface area is 92.1 Å². The molecule has 0 aliphatic heterocycles. The lowest BCUT2D eigenvalue weighted by molar-refractivity contribution is 0.100. The molecule has 0 saturated carbocycles. The fraction of sp³-hybridized carbons (Fsp3) is 0.286. The highest BCUT2D eigenvalue weighted by Gasteiger charge is 2.01. The van der Waals surface area contributed by atoms with Crippen molar-refractivity contribution in [2.75, 3.05) is 6.61 Å². The van der Waals surface area contributed by atoms with Gasteiger partial charge in [-0.2, -0.15) is 0 Å². The summed E-state index contributed by atoms with van der Waals surface area (Å²) in [5.41, 5.74) is 1.21. The van der Waals surface area contributed by atoms with E-state index in [0.29, 0.717) is 19.1 Å². The summed E-state index contributed by atoms with van der Waals surface area (Å²) in [6.45, 7) is 8.87. The van der Waals surface area contributed by atoms with Gasteiger partial charge < -0.3 is 4.74 Å². The Morgan fingerprint density at radius 1 is 1.20 bits per heavy atom. The van der Waals surface area contributed by atoms with Crippen LogP contribution in [-0.2, 0) is 11.3 Å². The van der Waals surface area contributed by atoms with Crippen molar-refractivity contribution in [1.29, 1.82) is 0 Å². The van der Waals surface area contributed by atoms with Gasteiger partial charge in [0.25, 0.3) is 0 Å². The first-order chi connectivity index (χ1) is 7.36. The van der Waals surface area contributed by atoms with E-state index in [1.165, 1.54) is 5.56 Å². The van der Waals surface area contributed by atoms with Gasteiger partial charge in [0.2, 0.25) is 0 Å². The quantitative estimate of drug-likeness (QED) is 0.614. The molecule has 80 valence electrons. The van der Waals surface area contributed by atoms with Gasteiger partial charge in [-0.1, -0.05) is 42.5 Å². The summed E-state index contributed by atoms with van der Waals surface area (Å²) in [6, 6.07) is 10.2. The summed E-state index contributed by atoms with van der Waals surface area (Å²) in [5.74, 6) is 0.381. The van der Waals surface area contributed by atoms with E-state index in [1.807, 2.05) is 30.4 Å². The molecule has 1 rings (SSSR count). The zero-order valence-corrected chi connectivity index (χ0v) is 9.06. The zero-order valence-electron chi connectivity index (χ0n) is 9.06. The zero-order chi connectivity index (χ0) is 10.9. The van der Waals surface area contributed by atoms with Crippen molar-refractivity contribution in [2.24, 2.45) is 5.92 Å². The normalized spacial score (nSPS) is 12.0. The molecule has 0 bridgehead atoms. The molecule has 0 heterocycles. The minimum atomic E-state index is 0.381. The average Bonchev–Trinajstić information content (AvgIpc) is 2.29. The third-order valence-electron chi connectivity index (χ3n) is 2.25. The number of allylic oxidation sites excluding steroid dienone is 1. The topological polar surface area (TPSA) is 9.23 Å². The van der Waals surface area contributed by atoms with Crippen LogP contribution in [-0.4, -0.2) is 6.61 Å². The van der Waals surface area contributed by atoms with E-state index in [9.17, 15) is 0 Å². The Morgan fingerprint density at radius 3 is 2.53 bits per heavy atom. The lowest BCUT2D eigenvalue weighted by Gasteiger charge is -2.10. The van der Waals surface area contributed by atoms with E-state index < -0.39 is 0 Å². The van der Waals surface area contributed by atoms with Crippen molar-refractivity contribution < 1.29 is 4.74 Å². The molecule has 1 heteroatoms. The molecule has 1 nitrogen and oxygen atoms in total. The highest BCUT2D eigenvalue weighted by molar-refractivity contribution is 5.13. The molecule has 1 aromatic rings. The van der Waals surface area contributed by atoms with E-state index in [2.05, 4.69) is 25.3 Å². The Kier molecular flexibility index (Phi) is 5.49. The van der Waals surface area contributed by atoms with Gasteiger partial charge in [-0.3, -0.25) is 0 Å². The van der Waals surface area contributed by atoms with Gasteiger partial charge in [0.15, 0.2) is 0 Å². The van der Waals surface area contributed by atoms with Crippen LogP contribution < -0.4 is 0 Å². The monoisotopic (exact) mass is 202 g/mol. The molecular weight excluding hydrogens is 184 g/mol. The highest BCUT2D eigenvalue weighted by Crippen LogP contribution is 2.07. The SMILES string of the molecule is C=CC[C@H](C=C)COCc1ccccc1. The van der Waals surface area contributed by atoms with Gasteiger partial charge in [0.1, 0.15) is 0 Å². The first-order valence-corrected chi connectivity index (χ1v) is 5.22. The number of benzene rings is 1. The minimum absolute atomic E-state index is 0.381.